The molecule has 1 heterocycles. The predicted molar refractivity (Wildman–Crippen MR) is 88.9 cm³/mol. The van der Waals surface area contributed by atoms with Crippen molar-refractivity contribution in [3.05, 3.63) is 0 Å². The van der Waals surface area contributed by atoms with Crippen molar-refractivity contribution in [2.45, 2.75) is 77.7 Å². The summed E-state index contributed by atoms with van der Waals surface area (Å²) < 4.78 is 6.30. The van der Waals surface area contributed by atoms with Crippen LogP contribution in [0.1, 0.15) is 47.5 Å². The van der Waals surface area contributed by atoms with Gasteiger partial charge in [-0.25, -0.2) is 0 Å². The van der Waals surface area contributed by atoms with E-state index in [0.29, 0.717) is 12.8 Å². The van der Waals surface area contributed by atoms with Gasteiger partial charge in [-0.15, -0.1) is 0 Å². The van der Waals surface area contributed by atoms with Crippen molar-refractivity contribution >= 4 is 26.5 Å². The molecule has 0 radical (unpaired) electrons. The van der Waals surface area contributed by atoms with Gasteiger partial charge in [0.2, 0.25) is 0 Å². The van der Waals surface area contributed by atoms with Gasteiger partial charge in [-0.3, -0.25) is 9.59 Å². The number of amides is 1. The number of carbonyl (C=O) groups excluding carboxylic acids is 3. The lowest BCUT2D eigenvalue weighted by Crippen LogP contribution is -2.65. The molecule has 7 heteroatoms. The fourth-order valence-electron chi connectivity index (χ4n) is 2.55. The van der Waals surface area contributed by atoms with Crippen molar-refractivity contribution in [2.75, 3.05) is 0 Å². The summed E-state index contributed by atoms with van der Waals surface area (Å²) in [6, 6.07) is -0.295. The van der Waals surface area contributed by atoms with Crippen molar-refractivity contribution in [2.24, 2.45) is 5.92 Å². The first kappa shape index (κ1) is 19.8. The number of nitrogens with zero attached hydrogens (tertiary/aromatic N) is 1. The monoisotopic (exact) mass is 343 g/mol. The Kier molecular flexibility index (Phi) is 6.15. The molecule has 1 amide bonds. The second-order valence-corrected chi connectivity index (χ2v) is 12.4. The molecule has 0 aliphatic carbocycles. The molecular weight excluding hydrogens is 314 g/mol. The van der Waals surface area contributed by atoms with Gasteiger partial charge in [0.15, 0.2) is 8.32 Å². The molecule has 0 spiro atoms. The van der Waals surface area contributed by atoms with Gasteiger partial charge in [0.05, 0.1) is 18.1 Å². The summed E-state index contributed by atoms with van der Waals surface area (Å²) in [6.45, 7) is 13.8. The highest BCUT2D eigenvalue weighted by molar-refractivity contribution is 6.74. The molecular formula is C16H29NO5Si. The molecule has 1 fully saturated rings. The van der Waals surface area contributed by atoms with Gasteiger partial charge >= 0.3 is 5.97 Å². The quantitative estimate of drug-likeness (QED) is 0.404. The van der Waals surface area contributed by atoms with Gasteiger partial charge in [0.1, 0.15) is 6.29 Å². The van der Waals surface area contributed by atoms with E-state index >= 15 is 0 Å². The average molecular weight is 343 g/mol. The van der Waals surface area contributed by atoms with E-state index in [2.05, 4.69) is 33.9 Å². The third kappa shape index (κ3) is 4.41. The first-order valence-electron chi connectivity index (χ1n) is 8.05. The normalized spacial score (nSPS) is 23.3. The third-order valence-corrected chi connectivity index (χ3v) is 9.39. The standard InChI is InChI=1S/C16H29NO5Si/c1-11(22-23(6,7)16(3,4)5)14-13(9-8-10-18)17(15(14)20)21-12(2)19/h10-11,13-14H,8-9H2,1-7H3/t11-,13-,14-/m1/s1. The van der Waals surface area contributed by atoms with Crippen LogP contribution >= 0.6 is 0 Å². The Hall–Kier alpha value is -1.21. The first-order chi connectivity index (χ1) is 10.4. The number of hydroxylamine groups is 2. The number of hydrogen-bond donors (Lipinski definition) is 0. The van der Waals surface area contributed by atoms with Crippen LogP contribution in [0.4, 0.5) is 0 Å². The molecule has 0 aromatic rings. The number of carbonyl (C=O) groups is 3. The fourth-order valence-corrected chi connectivity index (χ4v) is 3.98. The predicted octanol–water partition coefficient (Wildman–Crippen LogP) is 2.68. The zero-order chi connectivity index (χ0) is 18.0. The van der Waals surface area contributed by atoms with Crippen LogP contribution in [0.25, 0.3) is 0 Å². The Balaban J connectivity index is 2.85. The molecule has 1 aliphatic rings. The smallest absolute Gasteiger partial charge is 0.329 e. The molecule has 0 unspecified atom stereocenters. The van der Waals surface area contributed by atoms with E-state index in [4.69, 9.17) is 9.26 Å². The van der Waals surface area contributed by atoms with Crippen LogP contribution in [0.5, 0.6) is 0 Å². The molecule has 3 atom stereocenters. The highest BCUT2D eigenvalue weighted by Crippen LogP contribution is 2.41. The van der Waals surface area contributed by atoms with Gasteiger partial charge < -0.3 is 14.1 Å². The van der Waals surface area contributed by atoms with Crippen LogP contribution in [0.2, 0.25) is 18.1 Å². The minimum atomic E-state index is -2.01. The lowest BCUT2D eigenvalue weighted by Gasteiger charge is -2.49. The molecule has 0 saturated carbocycles. The van der Waals surface area contributed by atoms with Crippen LogP contribution in [-0.4, -0.2) is 43.7 Å². The minimum Gasteiger partial charge on any atom is -0.413 e. The summed E-state index contributed by atoms with van der Waals surface area (Å²) in [6.07, 6.45) is 1.33. The van der Waals surface area contributed by atoms with E-state index in [-0.39, 0.29) is 29.0 Å². The van der Waals surface area contributed by atoms with Gasteiger partial charge in [-0.2, -0.15) is 5.06 Å². The Morgan fingerprint density at radius 2 is 1.96 bits per heavy atom. The second-order valence-electron chi connectivity index (χ2n) is 7.67. The number of aldehydes is 1. The van der Waals surface area contributed by atoms with Crippen LogP contribution < -0.4 is 0 Å². The van der Waals surface area contributed by atoms with E-state index < -0.39 is 14.3 Å². The van der Waals surface area contributed by atoms with Crippen LogP contribution in [0.3, 0.4) is 0 Å². The van der Waals surface area contributed by atoms with Gasteiger partial charge in [0, 0.05) is 13.3 Å². The number of β-lactam (4-membered cyclic amide) rings is 1. The maximum absolute atomic E-state index is 12.3. The molecule has 6 nitrogen and oxygen atoms in total. The molecule has 0 bridgehead atoms. The molecule has 0 aromatic heterocycles. The highest BCUT2D eigenvalue weighted by atomic mass is 28.4. The zero-order valence-corrected chi connectivity index (χ0v) is 16.2. The SMILES string of the molecule is CC(=O)ON1C(=O)[C@H]([C@@H](C)O[Si](C)(C)C(C)(C)C)[C@H]1CCC=O. The van der Waals surface area contributed by atoms with E-state index in [1.807, 2.05) is 6.92 Å². The van der Waals surface area contributed by atoms with Crippen LogP contribution in [0.15, 0.2) is 0 Å². The van der Waals surface area contributed by atoms with Crippen molar-refractivity contribution in [3.8, 4) is 0 Å². The summed E-state index contributed by atoms with van der Waals surface area (Å²) in [4.78, 5) is 39.1. The van der Waals surface area contributed by atoms with Crippen molar-refractivity contribution in [3.63, 3.8) is 0 Å². The van der Waals surface area contributed by atoms with E-state index in [1.54, 1.807) is 0 Å². The maximum Gasteiger partial charge on any atom is 0.329 e. The molecule has 1 aliphatic heterocycles. The summed E-state index contributed by atoms with van der Waals surface area (Å²) in [7, 11) is -2.01. The number of hydrogen-bond acceptors (Lipinski definition) is 5. The lowest BCUT2D eigenvalue weighted by molar-refractivity contribution is -0.244. The van der Waals surface area contributed by atoms with Crippen molar-refractivity contribution in [1.82, 2.24) is 5.06 Å². The average Bonchev–Trinajstić information content (AvgIpc) is 2.38. The Morgan fingerprint density at radius 3 is 2.39 bits per heavy atom. The second kappa shape index (κ2) is 7.13. The van der Waals surface area contributed by atoms with E-state index in [9.17, 15) is 14.4 Å². The molecule has 23 heavy (non-hydrogen) atoms. The minimum absolute atomic E-state index is 0.0436. The zero-order valence-electron chi connectivity index (χ0n) is 15.2. The van der Waals surface area contributed by atoms with Gasteiger partial charge in [-0.05, 0) is 31.5 Å². The van der Waals surface area contributed by atoms with E-state index in [1.165, 1.54) is 6.92 Å². The lowest BCUT2D eigenvalue weighted by atomic mass is 9.83. The number of rotatable bonds is 7. The maximum atomic E-state index is 12.3. The Labute approximate surface area is 139 Å². The van der Waals surface area contributed by atoms with E-state index in [0.717, 1.165) is 11.3 Å². The molecule has 1 rings (SSSR count). The summed E-state index contributed by atoms with van der Waals surface area (Å²) in [5.74, 6) is -1.16. The topological polar surface area (TPSA) is 72.9 Å². The fraction of sp³-hybridized carbons (Fsp3) is 0.812. The highest BCUT2D eigenvalue weighted by Gasteiger charge is 2.54. The van der Waals surface area contributed by atoms with Crippen LogP contribution in [0, 0.1) is 5.92 Å². The van der Waals surface area contributed by atoms with Crippen molar-refractivity contribution < 1.29 is 23.6 Å². The largest absolute Gasteiger partial charge is 0.413 e. The summed E-state index contributed by atoms with van der Waals surface area (Å²) in [5, 5.41) is 1.14. The molecule has 132 valence electrons. The van der Waals surface area contributed by atoms with Gasteiger partial charge in [0.25, 0.3) is 5.91 Å². The first-order valence-corrected chi connectivity index (χ1v) is 11.0. The Morgan fingerprint density at radius 1 is 1.39 bits per heavy atom. The Bertz CT molecular complexity index is 472. The molecule has 0 aromatic carbocycles. The molecule has 1 saturated heterocycles. The summed E-state index contributed by atoms with van der Waals surface area (Å²) in [5.41, 5.74) is 0. The van der Waals surface area contributed by atoms with Crippen molar-refractivity contribution in [1.29, 1.82) is 0 Å². The van der Waals surface area contributed by atoms with Crippen LogP contribution in [-0.2, 0) is 23.6 Å². The van der Waals surface area contributed by atoms with Gasteiger partial charge in [-0.1, -0.05) is 20.8 Å². The third-order valence-electron chi connectivity index (χ3n) is 4.82. The summed E-state index contributed by atoms with van der Waals surface area (Å²) >= 11 is 0. The molecule has 0 N–H and O–H groups in total.